The Morgan fingerprint density at radius 2 is 1.63 bits per heavy atom. The van der Waals surface area contributed by atoms with Gasteiger partial charge in [-0.15, -0.1) is 0 Å². The molecule has 0 bridgehead atoms. The molecule has 0 aromatic heterocycles. The van der Waals surface area contributed by atoms with Crippen molar-refractivity contribution in [2.45, 2.75) is 71.1 Å². The van der Waals surface area contributed by atoms with Gasteiger partial charge >= 0.3 is 0 Å². The third-order valence-corrected chi connectivity index (χ3v) is 6.13. The van der Waals surface area contributed by atoms with Crippen LogP contribution in [0.25, 0.3) is 0 Å². The Morgan fingerprint density at radius 1 is 0.900 bits per heavy atom. The van der Waals surface area contributed by atoms with Crippen molar-refractivity contribution in [3.05, 3.63) is 77.4 Å². The highest BCUT2D eigenvalue weighted by molar-refractivity contribution is 5.38. The SMILES string of the molecule is CCCCCc1ccc(C#CC=C[C@H]2CC[C@H](c3ccc(OCC)cc3)CC2)cc1. The zero-order chi connectivity index (χ0) is 21.0. The van der Waals surface area contributed by atoms with E-state index >= 15 is 0 Å². The first kappa shape index (κ1) is 22.2. The largest absolute Gasteiger partial charge is 0.494 e. The summed E-state index contributed by atoms with van der Waals surface area (Å²) in [5.74, 6) is 8.85. The lowest BCUT2D eigenvalue weighted by Crippen LogP contribution is -2.11. The molecule has 1 aliphatic rings. The number of ether oxygens (including phenoxy) is 1. The average Bonchev–Trinajstić information content (AvgIpc) is 2.79. The molecule has 0 N–H and O–H groups in total. The van der Waals surface area contributed by atoms with Crippen molar-refractivity contribution in [3.8, 4) is 17.6 Å². The molecule has 0 radical (unpaired) electrons. The van der Waals surface area contributed by atoms with Crippen molar-refractivity contribution in [2.24, 2.45) is 5.92 Å². The van der Waals surface area contributed by atoms with Gasteiger partial charge in [0.1, 0.15) is 5.75 Å². The summed E-state index contributed by atoms with van der Waals surface area (Å²) < 4.78 is 5.56. The van der Waals surface area contributed by atoms with Crippen molar-refractivity contribution < 1.29 is 4.74 Å². The number of benzene rings is 2. The Morgan fingerprint density at radius 3 is 2.30 bits per heavy atom. The molecule has 0 aliphatic heterocycles. The van der Waals surface area contributed by atoms with Crippen LogP contribution in [0.15, 0.2) is 60.7 Å². The second-order valence-corrected chi connectivity index (χ2v) is 8.40. The second-order valence-electron chi connectivity index (χ2n) is 8.40. The van der Waals surface area contributed by atoms with Gasteiger partial charge in [0.25, 0.3) is 0 Å². The molecule has 0 saturated heterocycles. The molecule has 0 atom stereocenters. The van der Waals surface area contributed by atoms with Gasteiger partial charge in [0.2, 0.25) is 0 Å². The van der Waals surface area contributed by atoms with E-state index in [0.29, 0.717) is 11.8 Å². The summed E-state index contributed by atoms with van der Waals surface area (Å²) in [7, 11) is 0. The lowest BCUT2D eigenvalue weighted by atomic mass is 9.78. The van der Waals surface area contributed by atoms with E-state index in [1.165, 1.54) is 62.5 Å². The molecule has 158 valence electrons. The van der Waals surface area contributed by atoms with Crippen LogP contribution in [0.5, 0.6) is 5.75 Å². The van der Waals surface area contributed by atoms with Crippen LogP contribution >= 0.6 is 0 Å². The van der Waals surface area contributed by atoms with Gasteiger partial charge in [-0.1, -0.05) is 61.9 Å². The zero-order valence-electron chi connectivity index (χ0n) is 18.7. The van der Waals surface area contributed by atoms with Gasteiger partial charge in [-0.25, -0.2) is 0 Å². The molecule has 1 heteroatoms. The molecule has 0 heterocycles. The van der Waals surface area contributed by atoms with E-state index in [1.54, 1.807) is 0 Å². The molecular formula is C29H36O. The van der Waals surface area contributed by atoms with E-state index in [0.717, 1.165) is 17.9 Å². The van der Waals surface area contributed by atoms with Gasteiger partial charge < -0.3 is 4.74 Å². The topological polar surface area (TPSA) is 9.23 Å². The summed E-state index contributed by atoms with van der Waals surface area (Å²) in [5.41, 5.74) is 3.99. The highest BCUT2D eigenvalue weighted by atomic mass is 16.5. The summed E-state index contributed by atoms with van der Waals surface area (Å²) in [6.45, 7) is 5.00. The first-order valence-corrected chi connectivity index (χ1v) is 11.8. The van der Waals surface area contributed by atoms with Gasteiger partial charge in [0.15, 0.2) is 0 Å². The highest BCUT2D eigenvalue weighted by Gasteiger charge is 2.20. The normalized spacial score (nSPS) is 18.7. The molecule has 0 spiro atoms. The summed E-state index contributed by atoms with van der Waals surface area (Å²) in [5, 5.41) is 0. The highest BCUT2D eigenvalue weighted by Crippen LogP contribution is 2.36. The molecule has 1 fully saturated rings. The number of aryl methyl sites for hydroxylation is 1. The molecule has 30 heavy (non-hydrogen) atoms. The van der Waals surface area contributed by atoms with Gasteiger partial charge in [0.05, 0.1) is 6.61 Å². The summed E-state index contributed by atoms with van der Waals surface area (Å²) >= 11 is 0. The molecule has 2 aromatic carbocycles. The fourth-order valence-corrected chi connectivity index (χ4v) is 4.29. The van der Waals surface area contributed by atoms with Crippen LogP contribution in [0.4, 0.5) is 0 Å². The van der Waals surface area contributed by atoms with E-state index in [-0.39, 0.29) is 0 Å². The summed E-state index contributed by atoms with van der Waals surface area (Å²) in [4.78, 5) is 0. The van der Waals surface area contributed by atoms with Crippen molar-refractivity contribution in [1.29, 1.82) is 0 Å². The quantitative estimate of drug-likeness (QED) is 0.326. The molecule has 0 unspecified atom stereocenters. The number of rotatable bonds is 8. The minimum atomic E-state index is 0.666. The molecule has 0 amide bonds. The van der Waals surface area contributed by atoms with Gasteiger partial charge in [-0.3, -0.25) is 0 Å². The van der Waals surface area contributed by atoms with E-state index in [1.807, 2.05) is 6.92 Å². The fraction of sp³-hybridized carbons (Fsp3) is 0.448. The zero-order valence-corrected chi connectivity index (χ0v) is 18.7. The minimum absolute atomic E-state index is 0.666. The molecule has 1 nitrogen and oxygen atoms in total. The van der Waals surface area contributed by atoms with Crippen LogP contribution in [0.1, 0.15) is 81.4 Å². The van der Waals surface area contributed by atoms with Crippen LogP contribution < -0.4 is 4.74 Å². The third kappa shape index (κ3) is 7.10. The predicted octanol–water partition coefficient (Wildman–Crippen LogP) is 7.70. The number of allylic oxidation sites excluding steroid dienone is 2. The first-order valence-electron chi connectivity index (χ1n) is 11.8. The van der Waals surface area contributed by atoms with E-state index in [9.17, 15) is 0 Å². The second kappa shape index (κ2) is 12.3. The number of hydrogen-bond acceptors (Lipinski definition) is 1. The molecule has 1 aliphatic carbocycles. The van der Waals surface area contributed by atoms with E-state index in [4.69, 9.17) is 4.74 Å². The lowest BCUT2D eigenvalue weighted by Gasteiger charge is -2.27. The maximum atomic E-state index is 5.56. The Hall–Kier alpha value is -2.46. The fourth-order valence-electron chi connectivity index (χ4n) is 4.29. The van der Waals surface area contributed by atoms with Crippen LogP contribution in [0.2, 0.25) is 0 Å². The maximum Gasteiger partial charge on any atom is 0.119 e. The summed E-state index contributed by atoms with van der Waals surface area (Å²) in [6, 6.07) is 17.5. The van der Waals surface area contributed by atoms with Crippen LogP contribution in [0.3, 0.4) is 0 Å². The maximum absolute atomic E-state index is 5.56. The van der Waals surface area contributed by atoms with Gasteiger partial charge in [-0.05, 0) is 98.8 Å². The monoisotopic (exact) mass is 400 g/mol. The summed E-state index contributed by atoms with van der Waals surface area (Å²) in [6.07, 6.45) is 14.5. The van der Waals surface area contributed by atoms with Crippen LogP contribution in [-0.2, 0) is 6.42 Å². The lowest BCUT2D eigenvalue weighted by molar-refractivity contribution is 0.339. The van der Waals surface area contributed by atoms with Crippen LogP contribution in [-0.4, -0.2) is 6.61 Å². The van der Waals surface area contributed by atoms with Crippen molar-refractivity contribution in [1.82, 2.24) is 0 Å². The standard InChI is InChI=1S/C29H36O/c1-3-5-6-9-24-12-14-25(15-13-24)10-7-8-11-26-16-18-27(19-17-26)28-20-22-29(23-21-28)30-4-2/h8,11-15,20-23,26-27H,3-6,9,16-19H2,1-2H3/t26-,27-. The Labute approximate surface area is 183 Å². The molecular weight excluding hydrogens is 364 g/mol. The van der Waals surface area contributed by atoms with Crippen molar-refractivity contribution in [2.75, 3.05) is 6.61 Å². The Bertz CT molecular complexity index is 825. The minimum Gasteiger partial charge on any atom is -0.494 e. The van der Waals surface area contributed by atoms with Crippen molar-refractivity contribution >= 4 is 0 Å². The average molecular weight is 401 g/mol. The Balaban J connectivity index is 1.43. The first-order chi connectivity index (χ1) is 14.8. The smallest absolute Gasteiger partial charge is 0.119 e. The van der Waals surface area contributed by atoms with Gasteiger partial charge in [-0.2, -0.15) is 0 Å². The Kier molecular flexibility index (Phi) is 9.10. The number of hydrogen-bond donors (Lipinski definition) is 0. The van der Waals surface area contributed by atoms with Gasteiger partial charge in [0, 0.05) is 5.56 Å². The van der Waals surface area contributed by atoms with Crippen molar-refractivity contribution in [3.63, 3.8) is 0 Å². The molecule has 3 rings (SSSR count). The number of unbranched alkanes of at least 4 members (excludes halogenated alkanes) is 2. The molecule has 1 saturated carbocycles. The van der Waals surface area contributed by atoms with Crippen LogP contribution in [0, 0.1) is 17.8 Å². The molecule has 2 aromatic rings. The van der Waals surface area contributed by atoms with E-state index < -0.39 is 0 Å². The third-order valence-electron chi connectivity index (χ3n) is 6.13. The predicted molar refractivity (Wildman–Crippen MR) is 128 cm³/mol. The van der Waals surface area contributed by atoms with E-state index in [2.05, 4.69) is 79.4 Å².